The number of alkyl halides is 3. The van der Waals surface area contributed by atoms with Gasteiger partial charge < -0.3 is 4.98 Å². The van der Waals surface area contributed by atoms with Gasteiger partial charge in [-0.05, 0) is 42.0 Å². The van der Waals surface area contributed by atoms with E-state index in [0.29, 0.717) is 26.1 Å². The fourth-order valence-corrected chi connectivity index (χ4v) is 3.55. The number of benzene rings is 2. The Hall–Kier alpha value is -1.63. The van der Waals surface area contributed by atoms with E-state index in [1.807, 2.05) is 0 Å². The van der Waals surface area contributed by atoms with Gasteiger partial charge in [0.2, 0.25) is 0 Å². The van der Waals surface area contributed by atoms with Crippen LogP contribution in [0.5, 0.6) is 0 Å². The van der Waals surface area contributed by atoms with Crippen LogP contribution in [0.1, 0.15) is 5.69 Å². The largest absolute Gasteiger partial charge is 0.431 e. The summed E-state index contributed by atoms with van der Waals surface area (Å²) in [4.78, 5) is 3.28. The molecule has 130 valence electrons. The fourth-order valence-electron chi connectivity index (χ4n) is 2.17. The molecule has 0 spiro atoms. The van der Waals surface area contributed by atoms with Gasteiger partial charge in [0.05, 0.1) is 10.7 Å². The van der Waals surface area contributed by atoms with Crippen molar-refractivity contribution in [1.82, 2.24) is 4.98 Å². The average molecular weight is 406 g/mol. The lowest BCUT2D eigenvalue weighted by Gasteiger charge is -2.05. The molecular formula is C17H9Cl2F4NS. The Bertz CT molecular complexity index is 904. The van der Waals surface area contributed by atoms with E-state index in [4.69, 9.17) is 23.2 Å². The Morgan fingerprint density at radius 2 is 1.60 bits per heavy atom. The van der Waals surface area contributed by atoms with E-state index in [1.54, 1.807) is 24.3 Å². The van der Waals surface area contributed by atoms with Crippen LogP contribution in [0, 0.1) is 5.82 Å². The molecule has 1 nitrogen and oxygen atoms in total. The maximum atomic E-state index is 13.3. The molecule has 0 amide bonds. The second kappa shape index (κ2) is 6.94. The van der Waals surface area contributed by atoms with Gasteiger partial charge in [0.1, 0.15) is 11.5 Å². The molecule has 1 N–H and O–H groups in total. The molecule has 25 heavy (non-hydrogen) atoms. The monoisotopic (exact) mass is 405 g/mol. The summed E-state index contributed by atoms with van der Waals surface area (Å²) in [6.07, 6.45) is -4.51. The summed E-state index contributed by atoms with van der Waals surface area (Å²) in [5.74, 6) is -0.589. The standard InChI is InChI=1S/C17H9Cl2F4NS/c18-10-3-1-9(2-4-10)16-14(8-15(24-16)17(21,22)23)25-11-5-6-13(20)12(19)7-11/h1-8,24H. The van der Waals surface area contributed by atoms with Crippen LogP contribution in [0.4, 0.5) is 17.6 Å². The Morgan fingerprint density at radius 1 is 0.920 bits per heavy atom. The Kier molecular flexibility index (Phi) is 5.04. The first-order chi connectivity index (χ1) is 11.7. The summed E-state index contributed by atoms with van der Waals surface area (Å²) < 4.78 is 52.5. The highest BCUT2D eigenvalue weighted by atomic mass is 35.5. The third-order valence-corrected chi connectivity index (χ3v) is 4.91. The zero-order valence-corrected chi connectivity index (χ0v) is 14.6. The molecular weight excluding hydrogens is 397 g/mol. The molecule has 2 aromatic carbocycles. The van der Waals surface area contributed by atoms with Crippen molar-refractivity contribution in [3.05, 3.63) is 70.1 Å². The molecule has 0 saturated carbocycles. The fraction of sp³-hybridized carbons (Fsp3) is 0.0588. The Morgan fingerprint density at radius 3 is 2.20 bits per heavy atom. The molecule has 0 saturated heterocycles. The summed E-state index contributed by atoms with van der Waals surface area (Å²) in [5.41, 5.74) is -0.0155. The first-order valence-corrected chi connectivity index (χ1v) is 8.50. The molecule has 8 heteroatoms. The van der Waals surface area contributed by atoms with E-state index in [2.05, 4.69) is 4.98 Å². The topological polar surface area (TPSA) is 15.8 Å². The maximum Gasteiger partial charge on any atom is 0.431 e. The summed E-state index contributed by atoms with van der Waals surface area (Å²) in [6, 6.07) is 11.4. The lowest BCUT2D eigenvalue weighted by molar-refractivity contribution is -0.140. The van der Waals surface area contributed by atoms with Gasteiger partial charge in [-0.2, -0.15) is 13.2 Å². The quantitative estimate of drug-likeness (QED) is 0.452. The van der Waals surface area contributed by atoms with Crippen molar-refractivity contribution in [1.29, 1.82) is 0 Å². The third-order valence-electron chi connectivity index (χ3n) is 3.34. The molecule has 1 aromatic heterocycles. The zero-order valence-electron chi connectivity index (χ0n) is 12.3. The molecule has 0 unspecified atom stereocenters. The molecule has 3 aromatic rings. The van der Waals surface area contributed by atoms with E-state index >= 15 is 0 Å². The number of halogens is 6. The van der Waals surface area contributed by atoms with Crippen LogP contribution in [0.2, 0.25) is 10.0 Å². The van der Waals surface area contributed by atoms with Crippen LogP contribution >= 0.6 is 35.0 Å². The average Bonchev–Trinajstić information content (AvgIpc) is 2.96. The van der Waals surface area contributed by atoms with Crippen LogP contribution in [0.3, 0.4) is 0 Å². The highest BCUT2D eigenvalue weighted by Crippen LogP contribution is 2.41. The van der Waals surface area contributed by atoms with Crippen LogP contribution < -0.4 is 0 Å². The Labute approximate surface area is 155 Å². The van der Waals surface area contributed by atoms with Crippen molar-refractivity contribution in [3.63, 3.8) is 0 Å². The van der Waals surface area contributed by atoms with E-state index in [9.17, 15) is 17.6 Å². The third kappa shape index (κ3) is 4.14. The first-order valence-electron chi connectivity index (χ1n) is 6.93. The van der Waals surface area contributed by atoms with E-state index in [0.717, 1.165) is 17.8 Å². The van der Waals surface area contributed by atoms with Gasteiger partial charge in [0, 0.05) is 14.8 Å². The minimum atomic E-state index is -4.51. The van der Waals surface area contributed by atoms with Gasteiger partial charge in [-0.25, -0.2) is 4.39 Å². The minimum absolute atomic E-state index is 0.0929. The molecule has 0 bridgehead atoms. The molecule has 0 aliphatic heterocycles. The van der Waals surface area contributed by atoms with Crippen LogP contribution in [-0.2, 0) is 6.18 Å². The van der Waals surface area contributed by atoms with Crippen molar-refractivity contribution in [2.24, 2.45) is 0 Å². The summed E-state index contributed by atoms with van der Waals surface area (Å²) in [7, 11) is 0. The van der Waals surface area contributed by atoms with Gasteiger partial charge in [-0.1, -0.05) is 47.1 Å². The van der Waals surface area contributed by atoms with Crippen LogP contribution in [0.25, 0.3) is 11.3 Å². The van der Waals surface area contributed by atoms with Gasteiger partial charge in [0.15, 0.2) is 0 Å². The van der Waals surface area contributed by atoms with Crippen molar-refractivity contribution in [2.45, 2.75) is 16.0 Å². The highest BCUT2D eigenvalue weighted by molar-refractivity contribution is 7.99. The number of nitrogens with one attached hydrogen (secondary N) is 1. The van der Waals surface area contributed by atoms with E-state index < -0.39 is 17.7 Å². The second-order valence-electron chi connectivity index (χ2n) is 5.10. The highest BCUT2D eigenvalue weighted by Gasteiger charge is 2.34. The van der Waals surface area contributed by atoms with Crippen LogP contribution in [-0.4, -0.2) is 4.98 Å². The zero-order chi connectivity index (χ0) is 18.2. The van der Waals surface area contributed by atoms with Gasteiger partial charge in [-0.15, -0.1) is 0 Å². The van der Waals surface area contributed by atoms with Gasteiger partial charge in [0.25, 0.3) is 0 Å². The molecule has 0 atom stereocenters. The lowest BCUT2D eigenvalue weighted by Crippen LogP contribution is -2.04. The predicted molar refractivity (Wildman–Crippen MR) is 91.8 cm³/mol. The predicted octanol–water partition coefficient (Wildman–Crippen LogP) is 7.30. The molecule has 3 rings (SSSR count). The van der Waals surface area contributed by atoms with Crippen molar-refractivity contribution in [3.8, 4) is 11.3 Å². The minimum Gasteiger partial charge on any atom is -0.350 e. The summed E-state index contributed by atoms with van der Waals surface area (Å²) in [5, 5.41) is 0.385. The number of H-pyrrole nitrogens is 1. The molecule has 0 aliphatic carbocycles. The van der Waals surface area contributed by atoms with Gasteiger partial charge >= 0.3 is 6.18 Å². The van der Waals surface area contributed by atoms with Crippen molar-refractivity contribution >= 4 is 35.0 Å². The number of hydrogen-bond acceptors (Lipinski definition) is 1. The number of rotatable bonds is 3. The normalized spacial score (nSPS) is 11.8. The summed E-state index contributed by atoms with van der Waals surface area (Å²) in [6.45, 7) is 0. The Balaban J connectivity index is 2.05. The van der Waals surface area contributed by atoms with E-state index in [1.165, 1.54) is 18.2 Å². The lowest BCUT2D eigenvalue weighted by atomic mass is 10.2. The van der Waals surface area contributed by atoms with E-state index in [-0.39, 0.29) is 5.02 Å². The number of aromatic nitrogens is 1. The van der Waals surface area contributed by atoms with Gasteiger partial charge in [-0.3, -0.25) is 0 Å². The second-order valence-corrected chi connectivity index (χ2v) is 7.06. The first kappa shape index (κ1) is 18.2. The molecule has 0 aliphatic rings. The molecule has 0 fully saturated rings. The SMILES string of the molecule is Fc1ccc(Sc2cc(C(F)(F)F)[nH]c2-c2ccc(Cl)cc2)cc1Cl. The van der Waals surface area contributed by atoms with Crippen molar-refractivity contribution < 1.29 is 17.6 Å². The molecule has 1 heterocycles. The summed E-state index contributed by atoms with van der Waals surface area (Å²) >= 11 is 12.6. The van der Waals surface area contributed by atoms with Crippen molar-refractivity contribution in [2.75, 3.05) is 0 Å². The smallest absolute Gasteiger partial charge is 0.350 e. The number of aromatic amines is 1. The van der Waals surface area contributed by atoms with Crippen LogP contribution in [0.15, 0.2) is 58.3 Å². The maximum absolute atomic E-state index is 13.3. The number of hydrogen-bond donors (Lipinski definition) is 1. The molecule has 0 radical (unpaired) electrons.